The minimum absolute atomic E-state index is 0.292. The molecule has 0 unspecified atom stereocenters. The van der Waals surface area contributed by atoms with Crippen LogP contribution in [0.4, 0.5) is 0 Å². The van der Waals surface area contributed by atoms with Gasteiger partial charge in [-0.05, 0) is 47.3 Å². The molecule has 0 amide bonds. The maximum Gasteiger partial charge on any atom is 0.138 e. The van der Waals surface area contributed by atoms with E-state index in [0.29, 0.717) is 0 Å². The molecule has 2 nitrogen and oxygen atoms in total. The molecule has 15 heavy (non-hydrogen) atoms. The highest BCUT2D eigenvalue weighted by atomic mass is 79.9. The molecule has 0 aliphatic heterocycles. The van der Waals surface area contributed by atoms with Crippen molar-refractivity contribution in [2.75, 3.05) is 7.11 Å². The van der Waals surface area contributed by atoms with Crippen molar-refractivity contribution in [2.45, 2.75) is 25.2 Å². The first kappa shape index (κ1) is 10.5. The number of nitrogens with zero attached hydrogens (tertiary/aromatic N) is 1. The Morgan fingerprint density at radius 2 is 2.13 bits per heavy atom. The van der Waals surface area contributed by atoms with E-state index in [0.717, 1.165) is 34.2 Å². The molecule has 1 aliphatic carbocycles. The molecule has 0 atom stereocenters. The molecule has 3 heteroatoms. The van der Waals surface area contributed by atoms with E-state index in [1.165, 1.54) is 0 Å². The van der Waals surface area contributed by atoms with E-state index in [1.54, 1.807) is 7.11 Å². The number of methoxy groups -OCH3 is 1. The summed E-state index contributed by atoms with van der Waals surface area (Å²) in [6, 6.07) is 6.40. The molecule has 0 N–H and O–H groups in total. The third-order valence-corrected chi connectivity index (χ3v) is 3.59. The lowest BCUT2D eigenvalue weighted by Crippen LogP contribution is -2.08. The average molecular weight is 266 g/mol. The van der Waals surface area contributed by atoms with Crippen LogP contribution in [0.3, 0.4) is 0 Å². The van der Waals surface area contributed by atoms with Crippen LogP contribution < -0.4 is 4.74 Å². The van der Waals surface area contributed by atoms with Crippen LogP contribution in [-0.2, 0) is 5.41 Å². The predicted molar refractivity (Wildman–Crippen MR) is 62.0 cm³/mol. The molecular formula is C12H12BrNO. The van der Waals surface area contributed by atoms with Gasteiger partial charge in [0.05, 0.1) is 23.1 Å². The smallest absolute Gasteiger partial charge is 0.138 e. The zero-order chi connectivity index (χ0) is 11.1. The van der Waals surface area contributed by atoms with Crippen molar-refractivity contribution in [3.63, 3.8) is 0 Å². The second-order valence-corrected chi connectivity index (χ2v) is 4.82. The Labute approximate surface area is 98.0 Å². The Bertz CT molecular complexity index is 444. The maximum atomic E-state index is 9.22. The van der Waals surface area contributed by atoms with Crippen LogP contribution in [0.2, 0.25) is 0 Å². The normalized spacial score (nSPS) is 16.9. The van der Waals surface area contributed by atoms with Gasteiger partial charge in [-0.1, -0.05) is 6.07 Å². The Kier molecular flexibility index (Phi) is 2.47. The molecule has 0 spiro atoms. The first-order valence-corrected chi connectivity index (χ1v) is 5.69. The first-order chi connectivity index (χ1) is 7.14. The summed E-state index contributed by atoms with van der Waals surface area (Å²) in [5.41, 5.74) is 1.90. The standard InChI is InChI=1S/C12H12BrNO/c1-8-3-4-9(13)11(15-2)10(8)12(7-14)5-6-12/h3-4H,5-6H2,1-2H3. The zero-order valence-corrected chi connectivity index (χ0v) is 10.4. The van der Waals surface area contributed by atoms with E-state index in [2.05, 4.69) is 22.0 Å². The summed E-state index contributed by atoms with van der Waals surface area (Å²) in [7, 11) is 1.65. The van der Waals surface area contributed by atoms with Gasteiger partial charge < -0.3 is 4.74 Å². The molecule has 1 aromatic rings. The SMILES string of the molecule is COc1c(Br)ccc(C)c1C1(C#N)CC1. The lowest BCUT2D eigenvalue weighted by Gasteiger charge is -2.16. The van der Waals surface area contributed by atoms with Gasteiger partial charge in [-0.2, -0.15) is 5.26 Å². The minimum atomic E-state index is -0.292. The van der Waals surface area contributed by atoms with Crippen LogP contribution in [0.1, 0.15) is 24.0 Å². The van der Waals surface area contributed by atoms with E-state index in [-0.39, 0.29) is 5.41 Å². The van der Waals surface area contributed by atoms with Gasteiger partial charge in [-0.3, -0.25) is 0 Å². The summed E-state index contributed by atoms with van der Waals surface area (Å²) in [5, 5.41) is 9.22. The molecule has 0 bridgehead atoms. The molecule has 1 aliphatic rings. The van der Waals surface area contributed by atoms with Gasteiger partial charge >= 0.3 is 0 Å². The molecular weight excluding hydrogens is 254 g/mol. The first-order valence-electron chi connectivity index (χ1n) is 4.89. The van der Waals surface area contributed by atoms with Gasteiger partial charge in [0.15, 0.2) is 0 Å². The van der Waals surface area contributed by atoms with Crippen LogP contribution >= 0.6 is 15.9 Å². The zero-order valence-electron chi connectivity index (χ0n) is 8.80. The van der Waals surface area contributed by atoms with E-state index in [1.807, 2.05) is 19.1 Å². The Morgan fingerprint density at radius 1 is 1.47 bits per heavy atom. The van der Waals surface area contributed by atoms with Crippen LogP contribution in [0.5, 0.6) is 5.75 Å². The van der Waals surface area contributed by atoms with Crippen molar-refractivity contribution in [2.24, 2.45) is 0 Å². The number of hydrogen-bond donors (Lipinski definition) is 0. The van der Waals surface area contributed by atoms with Gasteiger partial charge in [-0.25, -0.2) is 0 Å². The lowest BCUT2D eigenvalue weighted by molar-refractivity contribution is 0.404. The fourth-order valence-electron chi connectivity index (χ4n) is 1.99. The molecule has 0 radical (unpaired) electrons. The summed E-state index contributed by atoms with van der Waals surface area (Å²) >= 11 is 3.46. The van der Waals surface area contributed by atoms with Gasteiger partial charge in [0.25, 0.3) is 0 Å². The summed E-state index contributed by atoms with van der Waals surface area (Å²) < 4.78 is 6.31. The largest absolute Gasteiger partial charge is 0.495 e. The number of hydrogen-bond acceptors (Lipinski definition) is 2. The minimum Gasteiger partial charge on any atom is -0.495 e. The van der Waals surface area contributed by atoms with Crippen molar-refractivity contribution >= 4 is 15.9 Å². The number of rotatable bonds is 2. The molecule has 0 aromatic heterocycles. The van der Waals surface area contributed by atoms with Gasteiger partial charge in [0.1, 0.15) is 5.75 Å². The fourth-order valence-corrected chi connectivity index (χ4v) is 2.48. The van der Waals surface area contributed by atoms with E-state index in [4.69, 9.17) is 4.74 Å². The van der Waals surface area contributed by atoms with Gasteiger partial charge in [0, 0.05) is 5.56 Å². The average Bonchev–Trinajstić information content (AvgIpc) is 3.01. The Balaban J connectivity index is 2.64. The van der Waals surface area contributed by atoms with Crippen molar-refractivity contribution in [3.05, 3.63) is 27.7 Å². The number of benzene rings is 1. The van der Waals surface area contributed by atoms with E-state index < -0.39 is 0 Å². The highest BCUT2D eigenvalue weighted by Gasteiger charge is 2.48. The second kappa shape index (κ2) is 3.53. The fraction of sp³-hybridized carbons (Fsp3) is 0.417. The highest BCUT2D eigenvalue weighted by Crippen LogP contribution is 2.53. The second-order valence-electron chi connectivity index (χ2n) is 3.97. The molecule has 1 aromatic carbocycles. The summed E-state index contributed by atoms with van der Waals surface area (Å²) in [5.74, 6) is 0.814. The Morgan fingerprint density at radius 3 is 2.60 bits per heavy atom. The predicted octanol–water partition coefficient (Wildman–Crippen LogP) is 3.32. The van der Waals surface area contributed by atoms with Crippen LogP contribution in [0, 0.1) is 18.3 Å². The summed E-state index contributed by atoms with van der Waals surface area (Å²) in [6.45, 7) is 2.03. The molecule has 2 rings (SSSR count). The van der Waals surface area contributed by atoms with Crippen molar-refractivity contribution < 1.29 is 4.74 Å². The third kappa shape index (κ3) is 1.53. The number of ether oxygens (including phenoxy) is 1. The molecule has 0 heterocycles. The number of aryl methyl sites for hydroxylation is 1. The van der Waals surface area contributed by atoms with Crippen LogP contribution in [0.25, 0.3) is 0 Å². The van der Waals surface area contributed by atoms with Crippen LogP contribution in [0.15, 0.2) is 16.6 Å². The van der Waals surface area contributed by atoms with Gasteiger partial charge in [0.2, 0.25) is 0 Å². The topological polar surface area (TPSA) is 33.0 Å². The monoisotopic (exact) mass is 265 g/mol. The third-order valence-electron chi connectivity index (χ3n) is 2.96. The number of nitriles is 1. The van der Waals surface area contributed by atoms with Crippen molar-refractivity contribution in [3.8, 4) is 11.8 Å². The molecule has 0 saturated heterocycles. The van der Waals surface area contributed by atoms with Crippen molar-refractivity contribution in [1.82, 2.24) is 0 Å². The maximum absolute atomic E-state index is 9.22. The van der Waals surface area contributed by atoms with Crippen molar-refractivity contribution in [1.29, 1.82) is 5.26 Å². The van der Waals surface area contributed by atoms with Gasteiger partial charge in [-0.15, -0.1) is 0 Å². The number of halogens is 1. The van der Waals surface area contributed by atoms with E-state index in [9.17, 15) is 5.26 Å². The summed E-state index contributed by atoms with van der Waals surface area (Å²) in [4.78, 5) is 0. The highest BCUT2D eigenvalue weighted by molar-refractivity contribution is 9.10. The van der Waals surface area contributed by atoms with Crippen LogP contribution in [-0.4, -0.2) is 7.11 Å². The molecule has 1 fully saturated rings. The molecule has 78 valence electrons. The summed E-state index contributed by atoms with van der Waals surface area (Å²) in [6.07, 6.45) is 1.88. The quantitative estimate of drug-likeness (QED) is 0.822. The Hall–Kier alpha value is -1.01. The van der Waals surface area contributed by atoms with E-state index >= 15 is 0 Å². The lowest BCUT2D eigenvalue weighted by atomic mass is 9.92. The molecule has 1 saturated carbocycles.